The standard InChI is InChI=1S/C18H23N3O.ClH/c1-15-12-21(11-10-20-15)13-16-2-4-18(5-3-16)22-14-17-6-8-19-9-7-17;/h2-9,15,20H,10-14H2,1H3;1H/t15-;/m1./s1. The highest BCUT2D eigenvalue weighted by Crippen LogP contribution is 2.16. The van der Waals surface area contributed by atoms with Crippen LogP contribution >= 0.6 is 12.4 Å². The molecule has 23 heavy (non-hydrogen) atoms. The number of pyridine rings is 1. The zero-order valence-corrected chi connectivity index (χ0v) is 14.3. The summed E-state index contributed by atoms with van der Waals surface area (Å²) in [6.45, 7) is 7.13. The van der Waals surface area contributed by atoms with Crippen molar-refractivity contribution in [3.8, 4) is 5.75 Å². The Balaban J connectivity index is 0.00000192. The Labute approximate surface area is 144 Å². The summed E-state index contributed by atoms with van der Waals surface area (Å²) in [6.07, 6.45) is 3.58. The number of rotatable bonds is 5. The molecule has 0 radical (unpaired) electrons. The zero-order chi connectivity index (χ0) is 15.2. The molecule has 1 aromatic heterocycles. The largest absolute Gasteiger partial charge is 0.489 e. The van der Waals surface area contributed by atoms with E-state index in [0.717, 1.165) is 37.5 Å². The Morgan fingerprint density at radius 1 is 1.13 bits per heavy atom. The quantitative estimate of drug-likeness (QED) is 0.913. The van der Waals surface area contributed by atoms with Gasteiger partial charge in [-0.3, -0.25) is 9.88 Å². The summed E-state index contributed by atoms with van der Waals surface area (Å²) in [5.74, 6) is 0.911. The maximum absolute atomic E-state index is 5.80. The van der Waals surface area contributed by atoms with Crippen molar-refractivity contribution in [3.63, 3.8) is 0 Å². The number of ether oxygens (including phenoxy) is 1. The average Bonchev–Trinajstić information content (AvgIpc) is 2.55. The first-order chi connectivity index (χ1) is 10.8. The van der Waals surface area contributed by atoms with Crippen LogP contribution in [0, 0.1) is 0 Å². The number of hydrogen-bond donors (Lipinski definition) is 1. The first-order valence-electron chi connectivity index (χ1n) is 7.86. The predicted molar refractivity (Wildman–Crippen MR) is 95.0 cm³/mol. The second-order valence-corrected chi connectivity index (χ2v) is 5.88. The normalized spacial score (nSPS) is 18.2. The van der Waals surface area contributed by atoms with Crippen LogP contribution in [0.25, 0.3) is 0 Å². The Bertz CT molecular complexity index is 577. The van der Waals surface area contributed by atoms with Crippen LogP contribution in [0.1, 0.15) is 18.1 Å². The topological polar surface area (TPSA) is 37.4 Å². The second-order valence-electron chi connectivity index (χ2n) is 5.88. The molecule has 2 aromatic rings. The van der Waals surface area contributed by atoms with Gasteiger partial charge < -0.3 is 10.1 Å². The zero-order valence-electron chi connectivity index (χ0n) is 13.4. The number of aromatic nitrogens is 1. The molecule has 124 valence electrons. The van der Waals surface area contributed by atoms with E-state index in [1.807, 2.05) is 12.1 Å². The van der Waals surface area contributed by atoms with Crippen molar-refractivity contribution in [3.05, 3.63) is 59.9 Å². The van der Waals surface area contributed by atoms with Gasteiger partial charge in [-0.05, 0) is 42.3 Å². The van der Waals surface area contributed by atoms with Crippen LogP contribution in [-0.2, 0) is 13.2 Å². The molecule has 0 aliphatic carbocycles. The Morgan fingerprint density at radius 3 is 2.57 bits per heavy atom. The van der Waals surface area contributed by atoms with Crippen LogP contribution in [0.4, 0.5) is 0 Å². The lowest BCUT2D eigenvalue weighted by atomic mass is 10.1. The summed E-state index contributed by atoms with van der Waals surface area (Å²) < 4.78 is 5.80. The van der Waals surface area contributed by atoms with Crippen molar-refractivity contribution in [1.29, 1.82) is 0 Å². The molecular weight excluding hydrogens is 310 g/mol. The molecule has 1 aliphatic rings. The summed E-state index contributed by atoms with van der Waals surface area (Å²) in [4.78, 5) is 6.50. The molecule has 1 aliphatic heterocycles. The van der Waals surface area contributed by atoms with Gasteiger partial charge in [-0.1, -0.05) is 12.1 Å². The molecule has 1 aromatic carbocycles. The van der Waals surface area contributed by atoms with Crippen molar-refractivity contribution in [2.24, 2.45) is 0 Å². The molecule has 1 saturated heterocycles. The smallest absolute Gasteiger partial charge is 0.119 e. The van der Waals surface area contributed by atoms with E-state index < -0.39 is 0 Å². The van der Waals surface area contributed by atoms with Gasteiger partial charge in [0.2, 0.25) is 0 Å². The van der Waals surface area contributed by atoms with E-state index >= 15 is 0 Å². The van der Waals surface area contributed by atoms with Crippen LogP contribution in [0.5, 0.6) is 5.75 Å². The van der Waals surface area contributed by atoms with Gasteiger partial charge in [0.15, 0.2) is 0 Å². The van der Waals surface area contributed by atoms with Crippen molar-refractivity contribution in [1.82, 2.24) is 15.2 Å². The minimum atomic E-state index is 0. The predicted octanol–water partition coefficient (Wildman–Crippen LogP) is 2.88. The third-order valence-corrected chi connectivity index (χ3v) is 3.94. The van der Waals surface area contributed by atoms with Gasteiger partial charge in [-0.2, -0.15) is 0 Å². The summed E-state index contributed by atoms with van der Waals surface area (Å²) in [6, 6.07) is 13.0. The molecule has 0 spiro atoms. The van der Waals surface area contributed by atoms with Gasteiger partial charge in [0.25, 0.3) is 0 Å². The minimum absolute atomic E-state index is 0. The van der Waals surface area contributed by atoms with E-state index in [1.54, 1.807) is 12.4 Å². The van der Waals surface area contributed by atoms with E-state index in [-0.39, 0.29) is 12.4 Å². The highest BCUT2D eigenvalue weighted by molar-refractivity contribution is 5.85. The van der Waals surface area contributed by atoms with Gasteiger partial charge in [0.05, 0.1) is 0 Å². The van der Waals surface area contributed by atoms with Gasteiger partial charge in [-0.25, -0.2) is 0 Å². The lowest BCUT2D eigenvalue weighted by Gasteiger charge is -2.31. The SMILES string of the molecule is C[C@@H]1CN(Cc2ccc(OCc3ccncc3)cc2)CCN1.Cl. The summed E-state index contributed by atoms with van der Waals surface area (Å²) in [5.41, 5.74) is 2.47. The molecule has 4 nitrogen and oxygen atoms in total. The van der Waals surface area contributed by atoms with Crippen molar-refractivity contribution >= 4 is 12.4 Å². The molecule has 3 rings (SSSR count). The Kier molecular flexibility index (Phi) is 6.84. The average molecular weight is 334 g/mol. The fraction of sp³-hybridized carbons (Fsp3) is 0.389. The first-order valence-corrected chi connectivity index (χ1v) is 7.86. The van der Waals surface area contributed by atoms with E-state index in [4.69, 9.17) is 4.74 Å². The Morgan fingerprint density at radius 2 is 1.87 bits per heavy atom. The summed E-state index contributed by atoms with van der Waals surface area (Å²) in [7, 11) is 0. The van der Waals surface area contributed by atoms with Crippen molar-refractivity contribution in [2.45, 2.75) is 26.1 Å². The second kappa shape index (κ2) is 8.87. The number of halogens is 1. The van der Waals surface area contributed by atoms with E-state index in [9.17, 15) is 0 Å². The van der Waals surface area contributed by atoms with Crippen LogP contribution in [0.15, 0.2) is 48.8 Å². The maximum atomic E-state index is 5.80. The number of benzene rings is 1. The van der Waals surface area contributed by atoms with E-state index in [2.05, 4.69) is 46.4 Å². The van der Waals surface area contributed by atoms with Gasteiger partial charge in [-0.15, -0.1) is 12.4 Å². The molecular formula is C18H24ClN3O. The fourth-order valence-corrected chi connectivity index (χ4v) is 2.75. The number of nitrogens with zero attached hydrogens (tertiary/aromatic N) is 2. The molecule has 1 fully saturated rings. The summed E-state index contributed by atoms with van der Waals surface area (Å²) in [5, 5.41) is 3.47. The highest BCUT2D eigenvalue weighted by Gasteiger charge is 2.15. The van der Waals surface area contributed by atoms with Crippen LogP contribution in [0.2, 0.25) is 0 Å². The molecule has 2 heterocycles. The maximum Gasteiger partial charge on any atom is 0.119 e. The van der Waals surface area contributed by atoms with Crippen LogP contribution < -0.4 is 10.1 Å². The molecule has 5 heteroatoms. The van der Waals surface area contributed by atoms with Crippen LogP contribution in [0.3, 0.4) is 0 Å². The number of hydrogen-bond acceptors (Lipinski definition) is 4. The molecule has 0 bridgehead atoms. The monoisotopic (exact) mass is 333 g/mol. The third kappa shape index (κ3) is 5.50. The summed E-state index contributed by atoms with van der Waals surface area (Å²) >= 11 is 0. The molecule has 1 atom stereocenters. The Hall–Kier alpha value is -1.62. The first kappa shape index (κ1) is 17.7. The van der Waals surface area contributed by atoms with Crippen molar-refractivity contribution < 1.29 is 4.74 Å². The van der Waals surface area contributed by atoms with Gasteiger partial charge >= 0.3 is 0 Å². The fourth-order valence-electron chi connectivity index (χ4n) is 2.75. The van der Waals surface area contributed by atoms with Crippen molar-refractivity contribution in [2.75, 3.05) is 19.6 Å². The highest BCUT2D eigenvalue weighted by atomic mass is 35.5. The lowest BCUT2D eigenvalue weighted by Crippen LogP contribution is -2.48. The number of piperazine rings is 1. The molecule has 0 unspecified atom stereocenters. The van der Waals surface area contributed by atoms with Gasteiger partial charge in [0.1, 0.15) is 12.4 Å². The third-order valence-electron chi connectivity index (χ3n) is 3.94. The van der Waals surface area contributed by atoms with Gasteiger partial charge in [0, 0.05) is 44.6 Å². The molecule has 1 N–H and O–H groups in total. The minimum Gasteiger partial charge on any atom is -0.489 e. The molecule has 0 amide bonds. The van der Waals surface area contributed by atoms with Crippen LogP contribution in [-0.4, -0.2) is 35.6 Å². The number of nitrogens with one attached hydrogen (secondary N) is 1. The molecule has 0 saturated carbocycles. The lowest BCUT2D eigenvalue weighted by molar-refractivity contribution is 0.199. The van der Waals surface area contributed by atoms with E-state index in [0.29, 0.717) is 12.6 Å². The van der Waals surface area contributed by atoms with E-state index in [1.165, 1.54) is 5.56 Å².